The number of carbonyl (C=O) groups excluding carboxylic acids is 3. The van der Waals surface area contributed by atoms with Gasteiger partial charge in [0.05, 0.1) is 6.54 Å². The molecule has 1 atom stereocenters. The van der Waals surface area contributed by atoms with Crippen molar-refractivity contribution in [1.29, 1.82) is 0 Å². The van der Waals surface area contributed by atoms with Crippen molar-refractivity contribution in [2.75, 3.05) is 37.6 Å². The number of anilines is 1. The molecule has 3 amide bonds. The monoisotopic (exact) mass is 344 g/mol. The van der Waals surface area contributed by atoms with Crippen LogP contribution in [0.4, 0.5) is 5.69 Å². The number of primary amides is 1. The Hall–Kier alpha value is -2.57. The first-order valence-corrected chi connectivity index (χ1v) is 8.68. The third-order valence-corrected chi connectivity index (χ3v) is 4.98. The molecule has 0 saturated carbocycles. The lowest BCUT2D eigenvalue weighted by atomic mass is 10.1. The molecule has 134 valence electrons. The summed E-state index contributed by atoms with van der Waals surface area (Å²) in [5.41, 5.74) is 7.06. The maximum absolute atomic E-state index is 13.0. The van der Waals surface area contributed by atoms with Crippen LogP contribution in [-0.4, -0.2) is 66.3 Å². The Morgan fingerprint density at radius 2 is 1.80 bits per heavy atom. The zero-order valence-electron chi connectivity index (χ0n) is 14.5. The van der Waals surface area contributed by atoms with E-state index in [0.717, 1.165) is 31.6 Å². The van der Waals surface area contributed by atoms with Crippen LogP contribution >= 0.6 is 0 Å². The van der Waals surface area contributed by atoms with Gasteiger partial charge in [0.1, 0.15) is 6.04 Å². The van der Waals surface area contributed by atoms with Crippen molar-refractivity contribution >= 4 is 23.4 Å². The van der Waals surface area contributed by atoms with E-state index in [2.05, 4.69) is 4.90 Å². The Labute approximate surface area is 147 Å². The fourth-order valence-corrected chi connectivity index (χ4v) is 3.53. The molecule has 2 aliphatic heterocycles. The summed E-state index contributed by atoms with van der Waals surface area (Å²) in [4.78, 5) is 41.7. The third kappa shape index (κ3) is 3.60. The van der Waals surface area contributed by atoms with Gasteiger partial charge in [-0.1, -0.05) is 6.07 Å². The van der Waals surface area contributed by atoms with Crippen molar-refractivity contribution in [3.05, 3.63) is 29.8 Å². The van der Waals surface area contributed by atoms with Gasteiger partial charge in [0.2, 0.25) is 11.8 Å². The minimum Gasteiger partial charge on any atom is -0.372 e. The third-order valence-electron chi connectivity index (χ3n) is 4.98. The fraction of sp³-hybridized carbons (Fsp3) is 0.500. The molecule has 2 heterocycles. The van der Waals surface area contributed by atoms with Gasteiger partial charge in [-0.3, -0.25) is 14.4 Å². The van der Waals surface area contributed by atoms with Crippen LogP contribution in [0.3, 0.4) is 0 Å². The molecule has 0 aromatic heterocycles. The van der Waals surface area contributed by atoms with Crippen LogP contribution in [0.2, 0.25) is 0 Å². The molecule has 7 nitrogen and oxygen atoms in total. The molecule has 0 bridgehead atoms. The molecule has 1 aromatic carbocycles. The highest BCUT2D eigenvalue weighted by Gasteiger charge is 2.35. The van der Waals surface area contributed by atoms with Gasteiger partial charge in [0.25, 0.3) is 5.91 Å². The van der Waals surface area contributed by atoms with E-state index in [0.29, 0.717) is 18.7 Å². The van der Waals surface area contributed by atoms with Crippen LogP contribution in [0.15, 0.2) is 24.3 Å². The van der Waals surface area contributed by atoms with Crippen LogP contribution < -0.4 is 10.6 Å². The highest BCUT2D eigenvalue weighted by molar-refractivity contribution is 5.98. The number of hydrogen-bond acceptors (Lipinski definition) is 4. The van der Waals surface area contributed by atoms with Crippen molar-refractivity contribution in [1.82, 2.24) is 9.80 Å². The topological polar surface area (TPSA) is 87.0 Å². The average molecular weight is 344 g/mol. The Morgan fingerprint density at radius 1 is 1.08 bits per heavy atom. The number of nitrogens with two attached hydrogens (primary N) is 1. The second-order valence-electron chi connectivity index (χ2n) is 6.63. The lowest BCUT2D eigenvalue weighted by Gasteiger charge is -2.39. The van der Waals surface area contributed by atoms with Gasteiger partial charge in [-0.2, -0.15) is 0 Å². The Morgan fingerprint density at radius 3 is 2.44 bits per heavy atom. The summed E-state index contributed by atoms with van der Waals surface area (Å²) >= 11 is 0. The minimum atomic E-state index is -0.791. The molecule has 7 heteroatoms. The van der Waals surface area contributed by atoms with Gasteiger partial charge in [-0.15, -0.1) is 0 Å². The van der Waals surface area contributed by atoms with E-state index < -0.39 is 11.9 Å². The predicted molar refractivity (Wildman–Crippen MR) is 94.2 cm³/mol. The molecule has 2 saturated heterocycles. The second kappa shape index (κ2) is 7.13. The maximum Gasteiger partial charge on any atom is 0.254 e. The van der Waals surface area contributed by atoms with Crippen molar-refractivity contribution < 1.29 is 14.4 Å². The summed E-state index contributed by atoms with van der Waals surface area (Å²) in [6.45, 7) is 4.32. The SMILES string of the molecule is CC(=O)N1CCN(C(=O)c2cccc(N3CCCC3)c2)C(C(N)=O)C1. The lowest BCUT2D eigenvalue weighted by Crippen LogP contribution is -2.60. The van der Waals surface area contributed by atoms with Crippen molar-refractivity contribution in [2.45, 2.75) is 25.8 Å². The maximum atomic E-state index is 13.0. The number of benzene rings is 1. The number of nitrogens with zero attached hydrogens (tertiary/aromatic N) is 3. The van der Waals surface area contributed by atoms with E-state index in [1.807, 2.05) is 18.2 Å². The molecule has 0 aliphatic carbocycles. The largest absolute Gasteiger partial charge is 0.372 e. The summed E-state index contributed by atoms with van der Waals surface area (Å²) in [5.74, 6) is -0.919. The Kier molecular flexibility index (Phi) is 4.92. The predicted octanol–water partition coefficient (Wildman–Crippen LogP) is 0.445. The summed E-state index contributed by atoms with van der Waals surface area (Å²) in [5, 5.41) is 0. The van der Waals surface area contributed by atoms with E-state index in [4.69, 9.17) is 5.73 Å². The van der Waals surface area contributed by atoms with Gasteiger partial charge in [0, 0.05) is 44.4 Å². The fourth-order valence-electron chi connectivity index (χ4n) is 3.53. The van der Waals surface area contributed by atoms with Crippen molar-refractivity contribution in [3.63, 3.8) is 0 Å². The second-order valence-corrected chi connectivity index (χ2v) is 6.63. The van der Waals surface area contributed by atoms with E-state index >= 15 is 0 Å². The number of piperazine rings is 1. The van der Waals surface area contributed by atoms with Crippen LogP contribution in [0.5, 0.6) is 0 Å². The molecule has 3 rings (SSSR count). The normalized spacial score (nSPS) is 20.7. The molecule has 2 aliphatic rings. The highest BCUT2D eigenvalue weighted by atomic mass is 16.2. The zero-order chi connectivity index (χ0) is 18.0. The molecule has 2 fully saturated rings. The van der Waals surface area contributed by atoms with Gasteiger partial charge < -0.3 is 20.4 Å². The number of hydrogen-bond donors (Lipinski definition) is 1. The molecule has 25 heavy (non-hydrogen) atoms. The summed E-state index contributed by atoms with van der Waals surface area (Å²) in [6.07, 6.45) is 2.32. The van der Waals surface area contributed by atoms with Crippen LogP contribution in [0.1, 0.15) is 30.1 Å². The summed E-state index contributed by atoms with van der Waals surface area (Å²) in [6, 6.07) is 6.72. The zero-order valence-corrected chi connectivity index (χ0v) is 14.5. The Bertz CT molecular complexity index is 685. The molecular weight excluding hydrogens is 320 g/mol. The van der Waals surface area contributed by atoms with E-state index in [1.54, 1.807) is 11.0 Å². The highest BCUT2D eigenvalue weighted by Crippen LogP contribution is 2.23. The lowest BCUT2D eigenvalue weighted by molar-refractivity contribution is -0.134. The van der Waals surface area contributed by atoms with Crippen LogP contribution in [-0.2, 0) is 9.59 Å². The van der Waals surface area contributed by atoms with Gasteiger partial charge in [-0.05, 0) is 31.0 Å². The first kappa shape index (κ1) is 17.3. The smallest absolute Gasteiger partial charge is 0.254 e. The standard InChI is InChI=1S/C18H24N4O3/c1-13(23)21-9-10-22(16(12-21)17(19)24)18(25)14-5-4-6-15(11-14)20-7-2-3-8-20/h4-6,11,16H,2-3,7-10,12H2,1H3,(H2,19,24). The van der Waals surface area contributed by atoms with E-state index in [9.17, 15) is 14.4 Å². The van der Waals surface area contributed by atoms with Crippen molar-refractivity contribution in [2.24, 2.45) is 5.73 Å². The molecule has 1 unspecified atom stereocenters. The summed E-state index contributed by atoms with van der Waals surface area (Å²) in [7, 11) is 0. The van der Waals surface area contributed by atoms with E-state index in [1.165, 1.54) is 11.8 Å². The molecule has 0 spiro atoms. The molecule has 1 aromatic rings. The first-order chi connectivity index (χ1) is 12.0. The van der Waals surface area contributed by atoms with Gasteiger partial charge in [-0.25, -0.2) is 0 Å². The molecular formula is C18H24N4O3. The number of amides is 3. The summed E-state index contributed by atoms with van der Waals surface area (Å²) < 4.78 is 0. The van der Waals surface area contributed by atoms with E-state index in [-0.39, 0.29) is 18.4 Å². The quantitative estimate of drug-likeness (QED) is 0.862. The van der Waals surface area contributed by atoms with Gasteiger partial charge >= 0.3 is 0 Å². The number of carbonyl (C=O) groups is 3. The molecule has 0 radical (unpaired) electrons. The molecule has 2 N–H and O–H groups in total. The minimum absolute atomic E-state index is 0.116. The van der Waals surface area contributed by atoms with Crippen molar-refractivity contribution in [3.8, 4) is 0 Å². The Balaban J connectivity index is 1.80. The van der Waals surface area contributed by atoms with Crippen LogP contribution in [0.25, 0.3) is 0 Å². The first-order valence-electron chi connectivity index (χ1n) is 8.68. The van der Waals surface area contributed by atoms with Gasteiger partial charge in [0.15, 0.2) is 0 Å². The number of rotatable bonds is 3. The average Bonchev–Trinajstić information content (AvgIpc) is 3.15. The van der Waals surface area contributed by atoms with Crippen LogP contribution in [0, 0.1) is 0 Å².